The van der Waals surface area contributed by atoms with E-state index < -0.39 is 0 Å². The van der Waals surface area contributed by atoms with Gasteiger partial charge in [0.25, 0.3) is 5.91 Å². The second-order valence-corrected chi connectivity index (χ2v) is 3.86. The Bertz CT molecular complexity index is 562. The molecular weight excluding hydrogens is 232 g/mol. The molecule has 0 saturated heterocycles. The Morgan fingerprint density at radius 3 is 2.83 bits per heavy atom. The first-order valence-electron chi connectivity index (χ1n) is 5.39. The van der Waals surface area contributed by atoms with E-state index in [-0.39, 0.29) is 5.91 Å². The first kappa shape index (κ1) is 12.0. The Labute approximate surface area is 104 Å². The Hall–Kier alpha value is -2.44. The number of nitrogens with zero attached hydrogens (tertiary/aromatic N) is 5. The van der Waals surface area contributed by atoms with Crippen LogP contribution < -0.4 is 5.32 Å². The van der Waals surface area contributed by atoms with E-state index in [0.717, 1.165) is 0 Å². The van der Waals surface area contributed by atoms with Crippen molar-refractivity contribution in [1.29, 1.82) is 0 Å². The Morgan fingerprint density at radius 2 is 2.17 bits per heavy atom. The molecule has 0 fully saturated rings. The van der Waals surface area contributed by atoms with Gasteiger partial charge in [-0.1, -0.05) is 0 Å². The van der Waals surface area contributed by atoms with E-state index in [4.69, 9.17) is 0 Å². The fraction of sp³-hybridized carbons (Fsp3) is 0.273. The number of hydrogen-bond donors (Lipinski definition) is 1. The van der Waals surface area contributed by atoms with Gasteiger partial charge in [0.1, 0.15) is 12.1 Å². The van der Waals surface area contributed by atoms with E-state index in [9.17, 15) is 4.79 Å². The van der Waals surface area contributed by atoms with Crippen molar-refractivity contribution in [2.24, 2.45) is 0 Å². The zero-order valence-corrected chi connectivity index (χ0v) is 10.5. The maximum atomic E-state index is 11.7. The van der Waals surface area contributed by atoms with Crippen LogP contribution in [-0.2, 0) is 0 Å². The van der Waals surface area contributed by atoms with E-state index >= 15 is 0 Å². The van der Waals surface area contributed by atoms with E-state index in [1.165, 1.54) is 11.2 Å². The lowest BCUT2D eigenvalue weighted by Crippen LogP contribution is -2.22. The SMILES string of the molecule is CNc1cc(-n2ccc(C(=O)N(C)C)n2)ncn1. The molecule has 0 aliphatic carbocycles. The summed E-state index contributed by atoms with van der Waals surface area (Å²) < 4.78 is 1.54. The van der Waals surface area contributed by atoms with Crippen molar-refractivity contribution in [1.82, 2.24) is 24.6 Å². The maximum Gasteiger partial charge on any atom is 0.273 e. The van der Waals surface area contributed by atoms with Gasteiger partial charge in [-0.05, 0) is 6.07 Å². The Kier molecular flexibility index (Phi) is 3.22. The molecule has 0 aromatic carbocycles. The number of carbonyl (C=O) groups is 1. The number of nitrogens with one attached hydrogen (secondary N) is 1. The molecule has 2 aromatic heterocycles. The largest absolute Gasteiger partial charge is 0.373 e. The average molecular weight is 246 g/mol. The van der Waals surface area contributed by atoms with Crippen LogP contribution in [0, 0.1) is 0 Å². The van der Waals surface area contributed by atoms with Gasteiger partial charge in [-0.2, -0.15) is 5.10 Å². The summed E-state index contributed by atoms with van der Waals surface area (Å²) in [4.78, 5) is 21.3. The molecule has 7 heteroatoms. The fourth-order valence-electron chi connectivity index (χ4n) is 1.40. The molecule has 0 saturated carbocycles. The number of aromatic nitrogens is 4. The number of hydrogen-bond acceptors (Lipinski definition) is 5. The molecule has 2 rings (SSSR count). The molecule has 0 radical (unpaired) electrons. The van der Waals surface area contributed by atoms with Gasteiger partial charge < -0.3 is 10.2 Å². The summed E-state index contributed by atoms with van der Waals surface area (Å²) in [6, 6.07) is 3.40. The molecule has 0 unspecified atom stereocenters. The second-order valence-electron chi connectivity index (χ2n) is 3.86. The van der Waals surface area contributed by atoms with Crippen molar-refractivity contribution in [3.05, 3.63) is 30.4 Å². The number of amides is 1. The van der Waals surface area contributed by atoms with Gasteiger partial charge in [-0.3, -0.25) is 4.79 Å². The highest BCUT2D eigenvalue weighted by atomic mass is 16.2. The molecule has 0 aliphatic rings. The van der Waals surface area contributed by atoms with Crippen LogP contribution in [0.15, 0.2) is 24.7 Å². The minimum Gasteiger partial charge on any atom is -0.373 e. The summed E-state index contributed by atoms with van der Waals surface area (Å²) in [7, 11) is 5.15. The molecule has 18 heavy (non-hydrogen) atoms. The Balaban J connectivity index is 2.32. The van der Waals surface area contributed by atoms with Crippen LogP contribution >= 0.6 is 0 Å². The molecular formula is C11H14N6O. The summed E-state index contributed by atoms with van der Waals surface area (Å²) >= 11 is 0. The standard InChI is InChI=1S/C11H14N6O/c1-12-9-6-10(14-7-13-9)17-5-4-8(15-17)11(18)16(2)3/h4-7H,1-3H3,(H,12,13,14). The maximum absolute atomic E-state index is 11.7. The van der Waals surface area contributed by atoms with Gasteiger partial charge in [0.2, 0.25) is 0 Å². The van der Waals surface area contributed by atoms with Gasteiger partial charge >= 0.3 is 0 Å². The van der Waals surface area contributed by atoms with Crippen LogP contribution in [0.3, 0.4) is 0 Å². The molecule has 94 valence electrons. The van der Waals surface area contributed by atoms with Gasteiger partial charge in [-0.15, -0.1) is 0 Å². The summed E-state index contributed by atoms with van der Waals surface area (Å²) in [6.45, 7) is 0. The first-order chi connectivity index (χ1) is 8.61. The quantitative estimate of drug-likeness (QED) is 0.848. The second kappa shape index (κ2) is 4.82. The van der Waals surface area contributed by atoms with Gasteiger partial charge in [0.15, 0.2) is 11.5 Å². The van der Waals surface area contributed by atoms with Crippen molar-refractivity contribution in [3.63, 3.8) is 0 Å². The van der Waals surface area contributed by atoms with Crippen LogP contribution in [-0.4, -0.2) is 51.7 Å². The van der Waals surface area contributed by atoms with Crippen LogP contribution in [0.1, 0.15) is 10.5 Å². The lowest BCUT2D eigenvalue weighted by Gasteiger charge is -2.07. The molecule has 2 heterocycles. The van der Waals surface area contributed by atoms with Crippen molar-refractivity contribution >= 4 is 11.7 Å². The molecule has 7 nitrogen and oxygen atoms in total. The first-order valence-corrected chi connectivity index (χ1v) is 5.39. The van der Waals surface area contributed by atoms with Gasteiger partial charge in [0, 0.05) is 33.4 Å². The molecule has 2 aromatic rings. The van der Waals surface area contributed by atoms with Crippen LogP contribution in [0.25, 0.3) is 5.82 Å². The summed E-state index contributed by atoms with van der Waals surface area (Å²) in [5.41, 5.74) is 0.379. The number of rotatable bonds is 3. The van der Waals surface area contributed by atoms with Crippen molar-refractivity contribution in [2.45, 2.75) is 0 Å². The van der Waals surface area contributed by atoms with E-state index in [1.807, 2.05) is 0 Å². The molecule has 0 atom stereocenters. The van der Waals surface area contributed by atoms with Gasteiger partial charge in [0.05, 0.1) is 0 Å². The molecule has 1 N–H and O–H groups in total. The van der Waals surface area contributed by atoms with Gasteiger partial charge in [-0.25, -0.2) is 14.6 Å². The van der Waals surface area contributed by atoms with E-state index in [1.54, 1.807) is 44.2 Å². The lowest BCUT2D eigenvalue weighted by atomic mass is 10.4. The third-order valence-corrected chi connectivity index (χ3v) is 2.36. The minimum atomic E-state index is -0.142. The highest BCUT2D eigenvalue weighted by molar-refractivity contribution is 5.91. The lowest BCUT2D eigenvalue weighted by molar-refractivity contribution is 0.0821. The highest BCUT2D eigenvalue weighted by Crippen LogP contribution is 2.08. The summed E-state index contributed by atoms with van der Waals surface area (Å²) in [6.07, 6.45) is 3.13. The fourth-order valence-corrected chi connectivity index (χ4v) is 1.40. The van der Waals surface area contributed by atoms with Crippen molar-refractivity contribution in [3.8, 4) is 5.82 Å². The monoisotopic (exact) mass is 246 g/mol. The predicted molar refractivity (Wildman–Crippen MR) is 66.7 cm³/mol. The number of anilines is 1. The predicted octanol–water partition coefficient (Wildman–Crippen LogP) is 0.406. The summed E-state index contributed by atoms with van der Waals surface area (Å²) in [5.74, 6) is 1.15. The Morgan fingerprint density at radius 1 is 1.39 bits per heavy atom. The van der Waals surface area contributed by atoms with Crippen LogP contribution in [0.2, 0.25) is 0 Å². The minimum absolute atomic E-state index is 0.142. The van der Waals surface area contributed by atoms with Crippen molar-refractivity contribution < 1.29 is 4.79 Å². The molecule has 0 spiro atoms. The normalized spacial score (nSPS) is 10.2. The topological polar surface area (TPSA) is 75.9 Å². The zero-order valence-electron chi connectivity index (χ0n) is 10.5. The van der Waals surface area contributed by atoms with Crippen LogP contribution in [0.5, 0.6) is 0 Å². The molecule has 1 amide bonds. The van der Waals surface area contributed by atoms with E-state index in [2.05, 4.69) is 20.4 Å². The summed E-state index contributed by atoms with van der Waals surface area (Å²) in [5, 5.41) is 7.10. The third-order valence-electron chi connectivity index (χ3n) is 2.36. The zero-order chi connectivity index (χ0) is 13.1. The highest BCUT2D eigenvalue weighted by Gasteiger charge is 2.12. The molecule has 0 bridgehead atoms. The van der Waals surface area contributed by atoms with E-state index in [0.29, 0.717) is 17.3 Å². The smallest absolute Gasteiger partial charge is 0.273 e. The average Bonchev–Trinajstić information content (AvgIpc) is 2.87. The van der Waals surface area contributed by atoms with Crippen molar-refractivity contribution in [2.75, 3.05) is 26.5 Å². The molecule has 0 aliphatic heterocycles. The van der Waals surface area contributed by atoms with Crippen LogP contribution in [0.4, 0.5) is 5.82 Å². The number of carbonyl (C=O) groups excluding carboxylic acids is 1. The third kappa shape index (κ3) is 2.29.